The van der Waals surface area contributed by atoms with E-state index in [0.717, 1.165) is 29.7 Å². The Balaban J connectivity index is 1.44. The van der Waals surface area contributed by atoms with E-state index in [9.17, 15) is 14.4 Å². The number of anilines is 1. The number of hydrogen-bond donors (Lipinski definition) is 0. The summed E-state index contributed by atoms with van der Waals surface area (Å²) in [4.78, 5) is 44.9. The maximum Gasteiger partial charge on any atom is 0.235 e. The Morgan fingerprint density at radius 2 is 1.80 bits per heavy atom. The molecule has 3 saturated heterocycles. The van der Waals surface area contributed by atoms with E-state index in [1.165, 1.54) is 4.90 Å². The van der Waals surface area contributed by atoms with Gasteiger partial charge in [-0.3, -0.25) is 19.3 Å². The van der Waals surface area contributed by atoms with Crippen molar-refractivity contribution in [2.24, 2.45) is 11.8 Å². The first-order chi connectivity index (χ1) is 17.0. The highest BCUT2D eigenvalue weighted by Gasteiger charge is 2.64. The Morgan fingerprint density at radius 1 is 1.06 bits per heavy atom. The van der Waals surface area contributed by atoms with Crippen LogP contribution in [0.3, 0.4) is 0 Å². The van der Waals surface area contributed by atoms with Gasteiger partial charge in [0.05, 0.1) is 37.6 Å². The SMILES string of the molecule is COc1ccc(C(=O)[C@@H]2[C@@H]3C(=O)N(C[C@@H]4CCCO4)C(=O)[C@H]3[C@@H]3C=C(C)c4ccccc4N23)cc1. The Kier molecular flexibility index (Phi) is 5.25. The minimum Gasteiger partial charge on any atom is -0.497 e. The smallest absolute Gasteiger partial charge is 0.235 e. The predicted octanol–water partition coefficient (Wildman–Crippen LogP) is 3.33. The summed E-state index contributed by atoms with van der Waals surface area (Å²) in [7, 11) is 1.58. The molecule has 2 aromatic rings. The number of para-hydroxylation sites is 1. The van der Waals surface area contributed by atoms with Crippen molar-refractivity contribution in [1.29, 1.82) is 0 Å². The standard InChI is InChI=1S/C28H28N2O5/c1-16-14-22-23-24(28(33)29(27(23)32)15-19-6-5-13-35-19)25(30(22)21-8-4-3-7-20(16)21)26(31)17-9-11-18(34-2)12-10-17/h3-4,7-12,14,19,22-25H,5-6,13,15H2,1-2H3/t19-,22-,23-,24+,25-/m0/s1. The number of carbonyl (C=O) groups is 3. The van der Waals surface area contributed by atoms with Gasteiger partial charge in [0, 0.05) is 23.4 Å². The molecule has 0 bridgehead atoms. The number of nitrogens with zero attached hydrogens (tertiary/aromatic N) is 2. The fraction of sp³-hybridized carbons (Fsp3) is 0.393. The number of likely N-dealkylation sites (tertiary alicyclic amines) is 1. The van der Waals surface area contributed by atoms with Gasteiger partial charge in [-0.05, 0) is 55.7 Å². The number of allylic oxidation sites excluding steroid dienone is 1. The quantitative estimate of drug-likeness (QED) is 0.491. The van der Waals surface area contributed by atoms with Crippen LogP contribution in [-0.4, -0.2) is 60.9 Å². The number of amides is 2. The summed E-state index contributed by atoms with van der Waals surface area (Å²) in [5, 5.41) is 0. The van der Waals surface area contributed by atoms with E-state index in [1.807, 2.05) is 36.1 Å². The minimum absolute atomic E-state index is 0.127. The van der Waals surface area contributed by atoms with Crippen LogP contribution in [0.25, 0.3) is 5.57 Å². The molecule has 0 N–H and O–H groups in total. The summed E-state index contributed by atoms with van der Waals surface area (Å²) >= 11 is 0. The van der Waals surface area contributed by atoms with Crippen LogP contribution < -0.4 is 9.64 Å². The molecule has 0 spiro atoms. The van der Waals surface area contributed by atoms with E-state index in [0.29, 0.717) is 17.9 Å². The van der Waals surface area contributed by atoms with Crippen LogP contribution in [0.5, 0.6) is 5.75 Å². The maximum atomic E-state index is 14.0. The van der Waals surface area contributed by atoms with Crippen LogP contribution >= 0.6 is 0 Å². The Morgan fingerprint density at radius 3 is 2.51 bits per heavy atom. The molecule has 180 valence electrons. The fourth-order valence-corrected chi connectivity index (χ4v) is 6.26. The molecule has 0 aliphatic carbocycles. The monoisotopic (exact) mass is 472 g/mol. The van der Waals surface area contributed by atoms with Crippen LogP contribution in [-0.2, 0) is 14.3 Å². The molecule has 0 saturated carbocycles. The van der Waals surface area contributed by atoms with Crippen molar-refractivity contribution in [3.63, 3.8) is 0 Å². The topological polar surface area (TPSA) is 76.1 Å². The molecule has 3 fully saturated rings. The van der Waals surface area contributed by atoms with Gasteiger partial charge in [0.1, 0.15) is 11.8 Å². The molecular formula is C28H28N2O5. The van der Waals surface area contributed by atoms with E-state index in [1.54, 1.807) is 31.4 Å². The lowest BCUT2D eigenvalue weighted by molar-refractivity contribution is -0.142. The van der Waals surface area contributed by atoms with Crippen LogP contribution in [0.2, 0.25) is 0 Å². The minimum atomic E-state index is -0.769. The Labute approximate surface area is 204 Å². The highest BCUT2D eigenvalue weighted by atomic mass is 16.5. The summed E-state index contributed by atoms with van der Waals surface area (Å²) in [5.41, 5.74) is 3.46. The molecule has 4 heterocycles. The summed E-state index contributed by atoms with van der Waals surface area (Å²) in [6.07, 6.45) is 3.70. The zero-order chi connectivity index (χ0) is 24.3. The number of ether oxygens (including phenoxy) is 2. The van der Waals surface area contributed by atoms with Crippen LogP contribution in [0, 0.1) is 11.8 Å². The average molecular weight is 473 g/mol. The van der Waals surface area contributed by atoms with Gasteiger partial charge in [-0.1, -0.05) is 24.3 Å². The molecular weight excluding hydrogens is 444 g/mol. The molecule has 35 heavy (non-hydrogen) atoms. The lowest BCUT2D eigenvalue weighted by Crippen LogP contribution is -2.49. The molecule has 2 amide bonds. The van der Waals surface area contributed by atoms with E-state index in [-0.39, 0.29) is 36.3 Å². The number of carbonyl (C=O) groups excluding carboxylic acids is 3. The Hall–Kier alpha value is -3.45. The second-order valence-corrected chi connectivity index (χ2v) is 9.78. The van der Waals surface area contributed by atoms with E-state index in [4.69, 9.17) is 9.47 Å². The number of rotatable bonds is 5. The fourth-order valence-electron chi connectivity index (χ4n) is 6.26. The van der Waals surface area contributed by atoms with Gasteiger partial charge >= 0.3 is 0 Å². The summed E-state index contributed by atoms with van der Waals surface area (Å²) in [5.74, 6) is -1.30. The maximum absolute atomic E-state index is 14.0. The first kappa shape index (κ1) is 22.0. The number of ketones is 1. The average Bonchev–Trinajstić information content (AvgIpc) is 3.57. The summed E-state index contributed by atoms with van der Waals surface area (Å²) in [6, 6.07) is 13.7. The van der Waals surface area contributed by atoms with Crippen molar-refractivity contribution in [3.8, 4) is 5.75 Å². The molecule has 0 radical (unpaired) electrons. The molecule has 2 aromatic carbocycles. The molecule has 0 unspecified atom stereocenters. The first-order valence-corrected chi connectivity index (χ1v) is 12.2. The van der Waals surface area contributed by atoms with Crippen molar-refractivity contribution in [2.45, 2.75) is 38.0 Å². The first-order valence-electron chi connectivity index (χ1n) is 12.2. The van der Waals surface area contributed by atoms with Gasteiger partial charge in [-0.15, -0.1) is 0 Å². The third kappa shape index (κ3) is 3.32. The lowest BCUT2D eigenvalue weighted by atomic mass is 9.85. The zero-order valence-electron chi connectivity index (χ0n) is 19.8. The molecule has 7 heteroatoms. The van der Waals surface area contributed by atoms with Crippen molar-refractivity contribution < 1.29 is 23.9 Å². The molecule has 0 aromatic heterocycles. The van der Waals surface area contributed by atoms with Crippen LogP contribution in [0.4, 0.5) is 5.69 Å². The number of imide groups is 1. The van der Waals surface area contributed by atoms with Gasteiger partial charge in [-0.2, -0.15) is 0 Å². The van der Waals surface area contributed by atoms with E-state index >= 15 is 0 Å². The van der Waals surface area contributed by atoms with Gasteiger partial charge < -0.3 is 14.4 Å². The Bertz CT molecular complexity index is 1230. The van der Waals surface area contributed by atoms with E-state index in [2.05, 4.69) is 6.08 Å². The highest BCUT2D eigenvalue weighted by molar-refractivity contribution is 6.14. The van der Waals surface area contributed by atoms with Crippen molar-refractivity contribution >= 4 is 28.9 Å². The van der Waals surface area contributed by atoms with Gasteiger partial charge in [0.15, 0.2) is 5.78 Å². The molecule has 4 aliphatic rings. The molecule has 7 nitrogen and oxygen atoms in total. The van der Waals surface area contributed by atoms with E-state index < -0.39 is 17.9 Å². The summed E-state index contributed by atoms with van der Waals surface area (Å²) < 4.78 is 11.0. The van der Waals surface area contributed by atoms with Crippen molar-refractivity contribution in [1.82, 2.24) is 4.90 Å². The van der Waals surface area contributed by atoms with Gasteiger partial charge in [0.2, 0.25) is 11.8 Å². The van der Waals surface area contributed by atoms with Gasteiger partial charge in [0.25, 0.3) is 0 Å². The predicted molar refractivity (Wildman–Crippen MR) is 130 cm³/mol. The normalized spacial score (nSPS) is 29.1. The van der Waals surface area contributed by atoms with Gasteiger partial charge in [-0.25, -0.2) is 0 Å². The molecule has 6 rings (SSSR count). The number of Topliss-reactive ketones (excluding diaryl/α,β-unsaturated/α-hetero) is 1. The van der Waals surface area contributed by atoms with Crippen LogP contribution in [0.1, 0.15) is 35.7 Å². The number of fused-ring (bicyclic) bond motifs is 5. The number of hydrogen-bond acceptors (Lipinski definition) is 6. The third-order valence-electron chi connectivity index (χ3n) is 7.90. The van der Waals surface area contributed by atoms with Crippen molar-refractivity contribution in [2.75, 3.05) is 25.2 Å². The second kappa shape index (κ2) is 8.34. The van der Waals surface area contributed by atoms with Crippen molar-refractivity contribution in [3.05, 3.63) is 65.7 Å². The largest absolute Gasteiger partial charge is 0.497 e. The second-order valence-electron chi connectivity index (χ2n) is 9.78. The highest BCUT2D eigenvalue weighted by Crippen LogP contribution is 2.50. The molecule has 5 atom stereocenters. The zero-order valence-corrected chi connectivity index (χ0v) is 19.8. The number of benzene rings is 2. The van der Waals surface area contributed by atoms with Crippen LogP contribution in [0.15, 0.2) is 54.6 Å². The molecule has 4 aliphatic heterocycles. The number of methoxy groups -OCH3 is 1. The summed E-state index contributed by atoms with van der Waals surface area (Å²) in [6.45, 7) is 2.94. The third-order valence-corrected chi connectivity index (χ3v) is 7.90. The lowest BCUT2D eigenvalue weighted by Gasteiger charge is -2.38.